The van der Waals surface area contributed by atoms with Crippen molar-refractivity contribution in [2.45, 2.75) is 72.1 Å². The van der Waals surface area contributed by atoms with Crippen LogP contribution in [-0.4, -0.2) is 22.2 Å². The summed E-state index contributed by atoms with van der Waals surface area (Å²) in [4.78, 5) is 22.4. The lowest BCUT2D eigenvalue weighted by atomic mass is 9.82. The molecule has 4 heteroatoms. The Kier molecular flexibility index (Phi) is 10.1. The molecule has 118 valence electrons. The smallest absolute Gasteiger partial charge is 0.306 e. The van der Waals surface area contributed by atoms with E-state index in [0.717, 1.165) is 32.1 Å². The van der Waals surface area contributed by atoms with Crippen LogP contribution in [0.4, 0.5) is 0 Å². The second kappa shape index (κ2) is 10.7. The van der Waals surface area contributed by atoms with Gasteiger partial charge in [0, 0.05) is 0 Å². The van der Waals surface area contributed by atoms with Gasteiger partial charge in [-0.2, -0.15) is 0 Å². The summed E-state index contributed by atoms with van der Waals surface area (Å²) in [5, 5.41) is 18.4. The average Bonchev–Trinajstić information content (AvgIpc) is 2.40. The maximum Gasteiger partial charge on any atom is 0.306 e. The van der Waals surface area contributed by atoms with Crippen molar-refractivity contribution in [3.8, 4) is 0 Å². The van der Waals surface area contributed by atoms with E-state index in [4.69, 9.17) is 5.11 Å². The Morgan fingerprint density at radius 3 is 1.85 bits per heavy atom. The Morgan fingerprint density at radius 2 is 1.45 bits per heavy atom. The minimum Gasteiger partial charge on any atom is -0.481 e. The van der Waals surface area contributed by atoms with Crippen molar-refractivity contribution in [1.82, 2.24) is 0 Å². The van der Waals surface area contributed by atoms with Crippen molar-refractivity contribution in [1.29, 1.82) is 0 Å². The van der Waals surface area contributed by atoms with Gasteiger partial charge in [0.2, 0.25) is 0 Å². The second-order valence-electron chi connectivity index (χ2n) is 5.66. The van der Waals surface area contributed by atoms with Crippen molar-refractivity contribution in [3.05, 3.63) is 0 Å². The van der Waals surface area contributed by atoms with Gasteiger partial charge in [-0.05, 0) is 31.6 Å². The predicted molar refractivity (Wildman–Crippen MR) is 79.7 cm³/mol. The lowest BCUT2D eigenvalue weighted by molar-refractivity contribution is -0.145. The molecule has 0 bridgehead atoms. The third-order valence-corrected chi connectivity index (χ3v) is 4.12. The normalized spacial score (nSPS) is 15.6. The molecule has 0 saturated heterocycles. The van der Waals surface area contributed by atoms with E-state index < -0.39 is 11.9 Å². The van der Waals surface area contributed by atoms with Crippen LogP contribution in [-0.2, 0) is 9.59 Å². The van der Waals surface area contributed by atoms with E-state index in [1.54, 1.807) is 0 Å². The van der Waals surface area contributed by atoms with Crippen LogP contribution in [0.15, 0.2) is 0 Å². The highest BCUT2D eigenvalue weighted by molar-refractivity contribution is 5.70. The number of carboxylic acid groups (broad SMARTS) is 2. The first-order valence-electron chi connectivity index (χ1n) is 7.93. The van der Waals surface area contributed by atoms with E-state index in [9.17, 15) is 14.7 Å². The van der Waals surface area contributed by atoms with E-state index >= 15 is 0 Å². The van der Waals surface area contributed by atoms with Crippen LogP contribution in [0, 0.1) is 17.8 Å². The Bertz CT molecular complexity index is 288. The fourth-order valence-corrected chi connectivity index (χ4v) is 2.93. The topological polar surface area (TPSA) is 74.6 Å². The highest BCUT2D eigenvalue weighted by Crippen LogP contribution is 2.28. The van der Waals surface area contributed by atoms with Crippen molar-refractivity contribution in [3.63, 3.8) is 0 Å². The molecule has 3 unspecified atom stereocenters. The van der Waals surface area contributed by atoms with Gasteiger partial charge in [0.05, 0.1) is 11.8 Å². The minimum atomic E-state index is -0.719. The summed E-state index contributed by atoms with van der Waals surface area (Å²) < 4.78 is 0. The molecule has 0 aromatic rings. The molecule has 0 saturated carbocycles. The summed E-state index contributed by atoms with van der Waals surface area (Å²) in [6.07, 6.45) is 6.32. The van der Waals surface area contributed by atoms with Gasteiger partial charge in [0.15, 0.2) is 0 Å². The summed E-state index contributed by atoms with van der Waals surface area (Å²) in [6, 6.07) is 0. The summed E-state index contributed by atoms with van der Waals surface area (Å²) in [5.41, 5.74) is 0. The quantitative estimate of drug-likeness (QED) is 0.564. The number of aliphatic carboxylic acids is 2. The minimum absolute atomic E-state index is 0.170. The standard InChI is InChI=1S/C16H30O4/c1-4-8-13(15(17)18)11-7-10-12(6-3)14(9-5-2)16(19)20/h12-14H,4-11H2,1-3H3,(H,17,18)(H,19,20). The Balaban J connectivity index is 4.35. The van der Waals surface area contributed by atoms with Crippen molar-refractivity contribution in [2.24, 2.45) is 17.8 Å². The summed E-state index contributed by atoms with van der Waals surface area (Å²) in [5.74, 6) is -1.81. The Hall–Kier alpha value is -1.06. The van der Waals surface area contributed by atoms with Crippen molar-refractivity contribution >= 4 is 11.9 Å². The predicted octanol–water partition coefficient (Wildman–Crippen LogP) is 4.18. The first-order chi connectivity index (χ1) is 9.47. The molecular weight excluding hydrogens is 256 g/mol. The SMILES string of the molecule is CCCC(CCCC(CC)C(CCC)C(=O)O)C(=O)O. The number of rotatable bonds is 12. The molecule has 2 N–H and O–H groups in total. The molecule has 0 aliphatic heterocycles. The van der Waals surface area contributed by atoms with Crippen molar-refractivity contribution in [2.75, 3.05) is 0 Å². The van der Waals surface area contributed by atoms with E-state index in [0.29, 0.717) is 19.3 Å². The van der Waals surface area contributed by atoms with E-state index in [2.05, 4.69) is 0 Å². The van der Waals surface area contributed by atoms with Gasteiger partial charge in [-0.15, -0.1) is 0 Å². The third-order valence-electron chi connectivity index (χ3n) is 4.12. The monoisotopic (exact) mass is 286 g/mol. The molecule has 0 rings (SSSR count). The van der Waals surface area contributed by atoms with Crippen LogP contribution >= 0.6 is 0 Å². The van der Waals surface area contributed by atoms with Gasteiger partial charge in [-0.1, -0.05) is 46.5 Å². The summed E-state index contributed by atoms with van der Waals surface area (Å²) in [6.45, 7) is 6.02. The average molecular weight is 286 g/mol. The molecule has 0 aliphatic carbocycles. The summed E-state index contributed by atoms with van der Waals surface area (Å²) in [7, 11) is 0. The molecule has 0 spiro atoms. The lowest BCUT2D eigenvalue weighted by Crippen LogP contribution is -2.23. The maximum absolute atomic E-state index is 11.3. The molecule has 0 radical (unpaired) electrons. The van der Waals surface area contributed by atoms with Crippen molar-refractivity contribution < 1.29 is 19.8 Å². The molecule has 3 atom stereocenters. The van der Waals surface area contributed by atoms with Crippen LogP contribution < -0.4 is 0 Å². The van der Waals surface area contributed by atoms with Crippen LogP contribution in [0.2, 0.25) is 0 Å². The molecular formula is C16H30O4. The fourth-order valence-electron chi connectivity index (χ4n) is 2.93. The molecule has 0 aliphatic rings. The van der Waals surface area contributed by atoms with Gasteiger partial charge in [0.25, 0.3) is 0 Å². The molecule has 0 heterocycles. The number of carbonyl (C=O) groups is 2. The number of hydrogen-bond donors (Lipinski definition) is 2. The Labute approximate surface area is 122 Å². The van der Waals surface area contributed by atoms with Crippen LogP contribution in [0.3, 0.4) is 0 Å². The lowest BCUT2D eigenvalue weighted by Gasteiger charge is -2.23. The van der Waals surface area contributed by atoms with Gasteiger partial charge in [0.1, 0.15) is 0 Å². The number of carboxylic acids is 2. The molecule has 0 fully saturated rings. The highest BCUT2D eigenvalue weighted by Gasteiger charge is 2.26. The first-order valence-corrected chi connectivity index (χ1v) is 7.93. The summed E-state index contributed by atoms with van der Waals surface area (Å²) >= 11 is 0. The molecule has 0 aromatic heterocycles. The van der Waals surface area contributed by atoms with Gasteiger partial charge in [-0.3, -0.25) is 9.59 Å². The van der Waals surface area contributed by atoms with Crippen LogP contribution in [0.5, 0.6) is 0 Å². The second-order valence-corrected chi connectivity index (χ2v) is 5.66. The van der Waals surface area contributed by atoms with Gasteiger partial charge >= 0.3 is 11.9 Å². The van der Waals surface area contributed by atoms with Gasteiger partial charge in [-0.25, -0.2) is 0 Å². The fraction of sp³-hybridized carbons (Fsp3) is 0.875. The van der Waals surface area contributed by atoms with Gasteiger partial charge < -0.3 is 10.2 Å². The number of hydrogen-bond acceptors (Lipinski definition) is 2. The molecule has 4 nitrogen and oxygen atoms in total. The zero-order valence-electron chi connectivity index (χ0n) is 13.1. The molecule has 0 aromatic carbocycles. The zero-order valence-corrected chi connectivity index (χ0v) is 13.1. The molecule has 20 heavy (non-hydrogen) atoms. The van der Waals surface area contributed by atoms with E-state index in [-0.39, 0.29) is 17.8 Å². The van der Waals surface area contributed by atoms with E-state index in [1.165, 1.54) is 0 Å². The first kappa shape index (κ1) is 18.9. The van der Waals surface area contributed by atoms with E-state index in [1.807, 2.05) is 20.8 Å². The highest BCUT2D eigenvalue weighted by atomic mass is 16.4. The van der Waals surface area contributed by atoms with Crippen LogP contribution in [0.1, 0.15) is 72.1 Å². The zero-order chi connectivity index (χ0) is 15.5. The maximum atomic E-state index is 11.3. The van der Waals surface area contributed by atoms with Crippen LogP contribution in [0.25, 0.3) is 0 Å². The Morgan fingerprint density at radius 1 is 0.850 bits per heavy atom. The third kappa shape index (κ3) is 6.92. The molecule has 0 amide bonds. The largest absolute Gasteiger partial charge is 0.481 e.